The maximum absolute atomic E-state index is 13.2. The average Bonchev–Trinajstić information content (AvgIpc) is 3.44. The van der Waals surface area contributed by atoms with Crippen LogP contribution in [0.3, 0.4) is 0 Å². The van der Waals surface area contributed by atoms with E-state index in [1.54, 1.807) is 7.05 Å². The standard InChI is InChI=1S/C30H38N4O3.C2H6.CH4O/c1-30(2)18-25(33-28(36)22-13-12-20-8-6-9-21(20)16-22)24-15-19(11-14-26(24)37-30)7-4-5-10-23-17-27(35)34(3)29(31)32-23;2*1-2/h11-16,23,25H,4-10,17-18H2,1-3H3,(H2,31,32)(H,33,36);1-2H3;2H,1H3. The smallest absolute Gasteiger partial charge is 0.251 e. The van der Waals surface area contributed by atoms with Gasteiger partial charge in [-0.2, -0.15) is 0 Å². The first-order valence-electron chi connectivity index (χ1n) is 15.0. The van der Waals surface area contributed by atoms with Gasteiger partial charge in [-0.1, -0.05) is 38.5 Å². The predicted octanol–water partition coefficient (Wildman–Crippen LogP) is 5.10. The molecule has 0 saturated carbocycles. The van der Waals surface area contributed by atoms with Crippen LogP contribution in [0.1, 0.15) is 105 Å². The molecule has 2 amide bonds. The molecule has 8 heteroatoms. The molecule has 1 aliphatic carbocycles. The summed E-state index contributed by atoms with van der Waals surface area (Å²) in [6.07, 6.45) is 8.20. The molecule has 4 N–H and O–H groups in total. The van der Waals surface area contributed by atoms with Gasteiger partial charge in [0.25, 0.3) is 5.91 Å². The molecule has 0 spiro atoms. The van der Waals surface area contributed by atoms with Gasteiger partial charge in [0.1, 0.15) is 11.4 Å². The first-order chi connectivity index (χ1) is 19.7. The number of carbonyl (C=O) groups is 2. The van der Waals surface area contributed by atoms with E-state index in [-0.39, 0.29) is 29.5 Å². The summed E-state index contributed by atoms with van der Waals surface area (Å²) in [6.45, 7) is 8.14. The Kier molecular flexibility index (Phi) is 11.4. The summed E-state index contributed by atoms with van der Waals surface area (Å²) in [5, 5.41) is 10.3. The molecule has 2 unspecified atom stereocenters. The minimum absolute atomic E-state index is 0.0262. The second-order valence-electron chi connectivity index (χ2n) is 11.3. The first-order valence-corrected chi connectivity index (χ1v) is 15.0. The number of guanidine groups is 1. The number of aliphatic imine (C=N–C) groups is 1. The topological polar surface area (TPSA) is 117 Å². The summed E-state index contributed by atoms with van der Waals surface area (Å²) in [4.78, 5) is 31.1. The molecule has 2 aromatic rings. The fourth-order valence-corrected chi connectivity index (χ4v) is 5.80. The van der Waals surface area contributed by atoms with Crippen LogP contribution in [0.25, 0.3) is 0 Å². The number of fused-ring (bicyclic) bond motifs is 2. The number of aliphatic hydroxyl groups excluding tert-OH is 1. The minimum Gasteiger partial charge on any atom is -0.487 e. The number of aryl methyl sites for hydroxylation is 3. The molecule has 5 rings (SSSR count). The minimum atomic E-state index is -0.363. The van der Waals surface area contributed by atoms with Gasteiger partial charge in [-0.25, -0.2) is 4.99 Å². The van der Waals surface area contributed by atoms with Crippen molar-refractivity contribution < 1.29 is 19.4 Å². The van der Waals surface area contributed by atoms with Gasteiger partial charge >= 0.3 is 0 Å². The van der Waals surface area contributed by atoms with Crippen LogP contribution in [-0.2, 0) is 24.1 Å². The fraction of sp³-hybridized carbons (Fsp3) is 0.545. The van der Waals surface area contributed by atoms with Crippen molar-refractivity contribution in [1.29, 1.82) is 0 Å². The van der Waals surface area contributed by atoms with Gasteiger partial charge in [0.05, 0.1) is 12.1 Å². The summed E-state index contributed by atoms with van der Waals surface area (Å²) < 4.78 is 6.27. The number of hydrogen-bond acceptors (Lipinski definition) is 6. The Morgan fingerprint density at radius 1 is 1.12 bits per heavy atom. The van der Waals surface area contributed by atoms with Gasteiger partial charge in [0, 0.05) is 38.1 Å². The maximum atomic E-state index is 13.2. The Morgan fingerprint density at radius 3 is 2.59 bits per heavy atom. The molecule has 2 atom stereocenters. The van der Waals surface area contributed by atoms with Crippen LogP contribution in [0.5, 0.6) is 5.75 Å². The van der Waals surface area contributed by atoms with Gasteiger partial charge in [-0.05, 0) is 87.3 Å². The molecule has 2 heterocycles. The SMILES string of the molecule is CC.CN1C(=O)CC(CCCCc2ccc3c(c2)C(NC(=O)c2ccc4c(c2)CCC4)CC(C)(C)O3)N=C1N.CO. The molecule has 2 aromatic carbocycles. The average molecular weight is 565 g/mol. The third kappa shape index (κ3) is 8.09. The highest BCUT2D eigenvalue weighted by molar-refractivity contribution is 5.98. The number of nitrogens with zero attached hydrogens (tertiary/aromatic N) is 2. The van der Waals surface area contributed by atoms with E-state index in [9.17, 15) is 9.59 Å². The monoisotopic (exact) mass is 564 g/mol. The molecule has 0 fully saturated rings. The van der Waals surface area contributed by atoms with Crippen LogP contribution >= 0.6 is 0 Å². The molecule has 3 aliphatic rings. The molecule has 0 radical (unpaired) electrons. The van der Waals surface area contributed by atoms with E-state index in [0.717, 1.165) is 62.5 Å². The van der Waals surface area contributed by atoms with Gasteiger partial charge in [-0.3, -0.25) is 14.5 Å². The van der Waals surface area contributed by atoms with Crippen molar-refractivity contribution in [1.82, 2.24) is 10.2 Å². The second-order valence-corrected chi connectivity index (χ2v) is 11.3. The molecule has 2 aliphatic heterocycles. The highest BCUT2D eigenvalue weighted by Crippen LogP contribution is 2.40. The zero-order valence-corrected chi connectivity index (χ0v) is 25.6. The molecule has 0 saturated heterocycles. The summed E-state index contributed by atoms with van der Waals surface area (Å²) >= 11 is 0. The van der Waals surface area contributed by atoms with E-state index < -0.39 is 0 Å². The lowest BCUT2D eigenvalue weighted by atomic mass is 9.88. The summed E-state index contributed by atoms with van der Waals surface area (Å²) in [7, 11) is 2.67. The number of nitrogens with one attached hydrogen (secondary N) is 1. The largest absolute Gasteiger partial charge is 0.487 e. The van der Waals surface area contributed by atoms with Crippen molar-refractivity contribution in [3.05, 3.63) is 64.2 Å². The molecule has 0 aromatic heterocycles. The fourth-order valence-electron chi connectivity index (χ4n) is 5.80. The highest BCUT2D eigenvalue weighted by atomic mass is 16.5. The van der Waals surface area contributed by atoms with Crippen molar-refractivity contribution >= 4 is 17.8 Å². The summed E-state index contributed by atoms with van der Waals surface area (Å²) in [5.74, 6) is 1.16. The first kappa shape index (κ1) is 32.1. The van der Waals surface area contributed by atoms with Crippen LogP contribution in [0.15, 0.2) is 41.4 Å². The quantitative estimate of drug-likeness (QED) is 0.405. The van der Waals surface area contributed by atoms with Crippen molar-refractivity contribution in [3.8, 4) is 5.75 Å². The Morgan fingerprint density at radius 2 is 1.85 bits per heavy atom. The molecule has 8 nitrogen and oxygen atoms in total. The van der Waals surface area contributed by atoms with Crippen LogP contribution < -0.4 is 15.8 Å². The molecule has 224 valence electrons. The van der Waals surface area contributed by atoms with Gasteiger partial charge in [-0.15, -0.1) is 0 Å². The summed E-state index contributed by atoms with van der Waals surface area (Å²) in [5.41, 5.74) is 11.2. The van der Waals surface area contributed by atoms with E-state index in [0.29, 0.717) is 18.8 Å². The van der Waals surface area contributed by atoms with Crippen molar-refractivity contribution in [2.45, 2.75) is 103 Å². The van der Waals surface area contributed by atoms with Gasteiger partial charge in [0.2, 0.25) is 5.91 Å². The Hall–Kier alpha value is -3.39. The lowest BCUT2D eigenvalue weighted by Crippen LogP contribution is -2.44. The van der Waals surface area contributed by atoms with Crippen LogP contribution in [0.2, 0.25) is 0 Å². The molecular formula is C33H48N4O4. The van der Waals surface area contributed by atoms with E-state index in [1.165, 1.54) is 28.0 Å². The number of benzene rings is 2. The lowest BCUT2D eigenvalue weighted by Gasteiger charge is -2.38. The third-order valence-electron chi connectivity index (χ3n) is 7.89. The molecular weight excluding hydrogens is 516 g/mol. The highest BCUT2D eigenvalue weighted by Gasteiger charge is 2.35. The number of ether oxygens (including phenoxy) is 1. The number of unbranched alkanes of at least 4 members (excludes halogenated alkanes) is 1. The molecule has 41 heavy (non-hydrogen) atoms. The molecule has 0 bridgehead atoms. The number of hydrogen-bond donors (Lipinski definition) is 3. The van der Waals surface area contributed by atoms with E-state index in [2.05, 4.69) is 48.4 Å². The number of aliphatic hydroxyl groups is 1. The Bertz CT molecular complexity index is 1240. The van der Waals surface area contributed by atoms with Gasteiger partial charge < -0.3 is 20.9 Å². The van der Waals surface area contributed by atoms with E-state index >= 15 is 0 Å². The van der Waals surface area contributed by atoms with Gasteiger partial charge in [0.15, 0.2) is 5.96 Å². The van der Waals surface area contributed by atoms with Crippen molar-refractivity contribution in [2.24, 2.45) is 10.7 Å². The summed E-state index contributed by atoms with van der Waals surface area (Å²) in [6, 6.07) is 12.3. The van der Waals surface area contributed by atoms with E-state index in [1.807, 2.05) is 26.0 Å². The predicted molar refractivity (Wildman–Crippen MR) is 164 cm³/mol. The zero-order valence-electron chi connectivity index (χ0n) is 25.6. The van der Waals surface area contributed by atoms with Crippen LogP contribution in [0, 0.1) is 0 Å². The van der Waals surface area contributed by atoms with Crippen molar-refractivity contribution in [2.75, 3.05) is 14.2 Å². The lowest BCUT2D eigenvalue weighted by molar-refractivity contribution is -0.127. The Labute approximate surface area is 245 Å². The normalized spacial score (nSPS) is 20.2. The number of nitrogens with two attached hydrogens (primary N) is 1. The second kappa shape index (κ2) is 14.5. The Balaban J connectivity index is 0.00000111. The number of carbonyl (C=O) groups excluding carboxylic acids is 2. The maximum Gasteiger partial charge on any atom is 0.251 e. The number of rotatable bonds is 7. The van der Waals surface area contributed by atoms with Crippen LogP contribution in [-0.4, -0.2) is 53.6 Å². The van der Waals surface area contributed by atoms with Crippen LogP contribution in [0.4, 0.5) is 0 Å². The number of amides is 2. The zero-order chi connectivity index (χ0) is 30.2. The third-order valence-corrected chi connectivity index (χ3v) is 7.89. The van der Waals surface area contributed by atoms with Crippen molar-refractivity contribution in [3.63, 3.8) is 0 Å². The van der Waals surface area contributed by atoms with E-state index in [4.69, 9.17) is 15.6 Å².